The second-order valence-corrected chi connectivity index (χ2v) is 9.35. The molecule has 0 aliphatic heterocycles. The molecule has 1 amide bonds. The fourth-order valence-electron chi connectivity index (χ4n) is 3.85. The van der Waals surface area contributed by atoms with Crippen molar-refractivity contribution in [3.05, 3.63) is 105 Å². The van der Waals surface area contributed by atoms with E-state index in [-0.39, 0.29) is 29.8 Å². The monoisotopic (exact) mass is 554 g/mol. The van der Waals surface area contributed by atoms with E-state index in [4.69, 9.17) is 44.6 Å². The van der Waals surface area contributed by atoms with E-state index in [1.807, 2.05) is 12.1 Å². The average molecular weight is 556 g/mol. The summed E-state index contributed by atoms with van der Waals surface area (Å²) in [6, 6.07) is 19.9. The van der Waals surface area contributed by atoms with Crippen molar-refractivity contribution in [2.45, 2.75) is 6.61 Å². The molecule has 186 valence electrons. The Labute approximate surface area is 226 Å². The number of hydrogen-bond donors (Lipinski definition) is 1. The first-order valence-electron chi connectivity index (χ1n) is 11.1. The lowest BCUT2D eigenvalue weighted by molar-refractivity contribution is 0.0958. The highest BCUT2D eigenvalue weighted by Gasteiger charge is 2.23. The first kappa shape index (κ1) is 25.0. The summed E-state index contributed by atoms with van der Waals surface area (Å²) >= 11 is 18.8. The lowest BCUT2D eigenvalue weighted by Gasteiger charge is -2.11. The Balaban J connectivity index is 1.70. The van der Waals surface area contributed by atoms with Crippen LogP contribution < -0.4 is 10.1 Å². The molecule has 5 rings (SSSR count). The van der Waals surface area contributed by atoms with Gasteiger partial charge < -0.3 is 10.1 Å². The zero-order valence-corrected chi connectivity index (χ0v) is 21.6. The zero-order valence-electron chi connectivity index (χ0n) is 19.3. The average Bonchev–Trinajstić information content (AvgIpc) is 3.25. The lowest BCUT2D eigenvalue weighted by atomic mass is 10.1. The van der Waals surface area contributed by atoms with Gasteiger partial charge in [-0.1, -0.05) is 59.1 Å². The molecule has 0 radical (unpaired) electrons. The predicted octanol–water partition coefficient (Wildman–Crippen LogP) is 7.13. The van der Waals surface area contributed by atoms with Crippen molar-refractivity contribution in [1.82, 2.24) is 20.1 Å². The number of carbonyl (C=O) groups is 1. The molecule has 0 aliphatic carbocycles. The second-order valence-electron chi connectivity index (χ2n) is 8.07. The second kappa shape index (κ2) is 10.4. The van der Waals surface area contributed by atoms with E-state index in [0.29, 0.717) is 43.0 Å². The van der Waals surface area contributed by atoms with Crippen molar-refractivity contribution in [3.63, 3.8) is 0 Å². The summed E-state index contributed by atoms with van der Waals surface area (Å²) in [5, 5.41) is 9.37. The van der Waals surface area contributed by atoms with Crippen LogP contribution in [0.4, 0.5) is 4.39 Å². The van der Waals surface area contributed by atoms with Crippen LogP contribution >= 0.6 is 34.8 Å². The third-order valence-electron chi connectivity index (χ3n) is 5.65. The summed E-state index contributed by atoms with van der Waals surface area (Å²) < 4.78 is 20.8. The SMILES string of the molecule is CNC(=O)c1cc2c(-c3ccc(Cl)cc3)n(-c3ccc(Cl)cc3Cl)nc2nc1OCc1ccc(F)cc1. The molecule has 3 aromatic carbocycles. The number of rotatable bonds is 6. The number of ether oxygens (including phenoxy) is 1. The van der Waals surface area contributed by atoms with Crippen LogP contribution in [-0.2, 0) is 6.61 Å². The van der Waals surface area contributed by atoms with Crippen molar-refractivity contribution in [2.75, 3.05) is 7.05 Å². The lowest BCUT2D eigenvalue weighted by Crippen LogP contribution is -2.19. The first-order valence-corrected chi connectivity index (χ1v) is 12.2. The molecular formula is C27H18Cl3FN4O2. The molecule has 2 heterocycles. The number of nitrogens with one attached hydrogen (secondary N) is 1. The molecule has 0 unspecified atom stereocenters. The van der Waals surface area contributed by atoms with Crippen LogP contribution in [-0.4, -0.2) is 27.7 Å². The molecule has 0 spiro atoms. The van der Waals surface area contributed by atoms with Crippen molar-refractivity contribution in [1.29, 1.82) is 0 Å². The summed E-state index contributed by atoms with van der Waals surface area (Å²) in [5.41, 5.74) is 3.27. The van der Waals surface area contributed by atoms with Crippen LogP contribution in [0.5, 0.6) is 5.88 Å². The van der Waals surface area contributed by atoms with Gasteiger partial charge in [-0.3, -0.25) is 4.79 Å². The van der Waals surface area contributed by atoms with E-state index >= 15 is 0 Å². The minimum atomic E-state index is -0.386. The van der Waals surface area contributed by atoms with Gasteiger partial charge in [-0.15, -0.1) is 5.10 Å². The maximum atomic E-state index is 13.3. The van der Waals surface area contributed by atoms with Gasteiger partial charge in [0.15, 0.2) is 5.65 Å². The number of fused-ring (bicyclic) bond motifs is 1. The summed E-state index contributed by atoms with van der Waals surface area (Å²) in [5.74, 6) is -0.649. The standard InChI is InChI=1S/C27H18Cl3FN4O2/c1-32-26(36)21-13-20-24(16-4-6-17(28)7-5-16)35(23-11-8-18(29)12-22(23)30)34-25(20)33-27(21)37-14-15-2-9-19(31)10-3-15/h2-13H,14H2,1H3,(H,32,36). The number of pyridine rings is 1. The molecular weight excluding hydrogens is 538 g/mol. The number of aromatic nitrogens is 3. The van der Waals surface area contributed by atoms with Crippen LogP contribution in [0.2, 0.25) is 15.1 Å². The zero-order chi connectivity index (χ0) is 26.1. The van der Waals surface area contributed by atoms with E-state index in [1.54, 1.807) is 53.2 Å². The van der Waals surface area contributed by atoms with E-state index in [0.717, 1.165) is 5.56 Å². The molecule has 0 saturated carbocycles. The maximum absolute atomic E-state index is 13.3. The normalized spacial score (nSPS) is 11.1. The Morgan fingerprint density at radius 1 is 0.973 bits per heavy atom. The molecule has 6 nitrogen and oxygen atoms in total. The van der Waals surface area contributed by atoms with Crippen molar-refractivity contribution in [2.24, 2.45) is 0 Å². The largest absolute Gasteiger partial charge is 0.472 e. The van der Waals surface area contributed by atoms with Gasteiger partial charge in [0.1, 0.15) is 18.0 Å². The molecule has 1 N–H and O–H groups in total. The van der Waals surface area contributed by atoms with Gasteiger partial charge in [-0.2, -0.15) is 4.98 Å². The van der Waals surface area contributed by atoms with Crippen molar-refractivity contribution in [3.8, 4) is 22.8 Å². The Bertz CT molecular complexity index is 1620. The molecule has 0 fully saturated rings. The third-order valence-corrected chi connectivity index (χ3v) is 6.43. The molecule has 0 bridgehead atoms. The van der Waals surface area contributed by atoms with Crippen molar-refractivity contribution < 1.29 is 13.9 Å². The number of nitrogens with zero attached hydrogens (tertiary/aromatic N) is 3. The Morgan fingerprint density at radius 3 is 2.35 bits per heavy atom. The van der Waals surface area contributed by atoms with Crippen LogP contribution in [0.1, 0.15) is 15.9 Å². The number of benzene rings is 3. The Hall–Kier alpha value is -3.65. The summed E-state index contributed by atoms with van der Waals surface area (Å²) in [6.07, 6.45) is 0. The van der Waals surface area contributed by atoms with Crippen LogP contribution in [0.3, 0.4) is 0 Å². The van der Waals surface area contributed by atoms with Gasteiger partial charge in [0, 0.05) is 28.0 Å². The highest BCUT2D eigenvalue weighted by Crippen LogP contribution is 2.36. The molecule has 0 aliphatic rings. The highest BCUT2D eigenvalue weighted by molar-refractivity contribution is 6.35. The van der Waals surface area contributed by atoms with E-state index in [2.05, 4.69) is 10.3 Å². The Morgan fingerprint density at radius 2 is 1.68 bits per heavy atom. The fourth-order valence-corrected chi connectivity index (χ4v) is 4.46. The molecule has 2 aromatic heterocycles. The van der Waals surface area contributed by atoms with Gasteiger partial charge in [0.05, 0.1) is 16.4 Å². The third kappa shape index (κ3) is 5.11. The number of halogens is 4. The van der Waals surface area contributed by atoms with Crippen LogP contribution in [0.25, 0.3) is 28.0 Å². The molecule has 0 atom stereocenters. The van der Waals surface area contributed by atoms with E-state index < -0.39 is 0 Å². The van der Waals surface area contributed by atoms with Gasteiger partial charge in [-0.05, 0) is 54.1 Å². The molecule has 10 heteroatoms. The minimum Gasteiger partial charge on any atom is -0.472 e. The minimum absolute atomic E-state index is 0.0799. The van der Waals surface area contributed by atoms with Crippen LogP contribution in [0, 0.1) is 5.82 Å². The quantitative estimate of drug-likeness (QED) is 0.242. The van der Waals surface area contributed by atoms with Crippen LogP contribution in [0.15, 0.2) is 72.8 Å². The molecule has 37 heavy (non-hydrogen) atoms. The maximum Gasteiger partial charge on any atom is 0.256 e. The summed E-state index contributed by atoms with van der Waals surface area (Å²) in [4.78, 5) is 17.4. The highest BCUT2D eigenvalue weighted by atomic mass is 35.5. The van der Waals surface area contributed by atoms with Gasteiger partial charge in [0.2, 0.25) is 5.88 Å². The first-order chi connectivity index (χ1) is 17.8. The molecule has 5 aromatic rings. The topological polar surface area (TPSA) is 69.0 Å². The van der Waals surface area contributed by atoms with E-state index in [1.165, 1.54) is 19.2 Å². The summed E-state index contributed by atoms with van der Waals surface area (Å²) in [6.45, 7) is 0.0799. The van der Waals surface area contributed by atoms with Gasteiger partial charge in [0.25, 0.3) is 5.91 Å². The predicted molar refractivity (Wildman–Crippen MR) is 143 cm³/mol. The Kier molecular flexibility index (Phi) is 7.02. The number of amides is 1. The number of carbonyl (C=O) groups excluding carboxylic acids is 1. The smallest absolute Gasteiger partial charge is 0.256 e. The molecule has 0 saturated heterocycles. The van der Waals surface area contributed by atoms with E-state index in [9.17, 15) is 9.18 Å². The van der Waals surface area contributed by atoms with Gasteiger partial charge in [-0.25, -0.2) is 9.07 Å². The summed E-state index contributed by atoms with van der Waals surface area (Å²) in [7, 11) is 1.52. The van der Waals surface area contributed by atoms with Gasteiger partial charge >= 0.3 is 0 Å². The number of hydrogen-bond acceptors (Lipinski definition) is 4. The van der Waals surface area contributed by atoms with Crippen molar-refractivity contribution >= 4 is 51.7 Å². The fraction of sp³-hybridized carbons (Fsp3) is 0.0741.